The Morgan fingerprint density at radius 1 is 1.12 bits per heavy atom. The third-order valence-corrected chi connectivity index (χ3v) is 3.85. The highest BCUT2D eigenvalue weighted by Gasteiger charge is 2.09. The van der Waals surface area contributed by atoms with E-state index in [0.717, 1.165) is 11.3 Å². The highest BCUT2D eigenvalue weighted by Crippen LogP contribution is 2.18. The number of ether oxygens (including phenoxy) is 1. The standard InChI is InChI=1S/C18H16BrN3O3/c1-12-2-4-13(5-3-12)14-6-9-17(22-21-14)24-11-10-20-18(23)15-7-8-16(19)25-15/h2-9H,10-11H2,1H3,(H,20,23). The molecule has 0 bridgehead atoms. The fourth-order valence-electron chi connectivity index (χ4n) is 2.12. The van der Waals surface area contributed by atoms with Crippen molar-refractivity contribution in [2.75, 3.05) is 13.2 Å². The number of aromatic nitrogens is 2. The molecule has 0 saturated carbocycles. The number of amides is 1. The van der Waals surface area contributed by atoms with Crippen LogP contribution in [-0.2, 0) is 0 Å². The monoisotopic (exact) mass is 401 g/mol. The number of hydrogen-bond acceptors (Lipinski definition) is 5. The summed E-state index contributed by atoms with van der Waals surface area (Å²) in [7, 11) is 0. The number of nitrogens with one attached hydrogen (secondary N) is 1. The first-order valence-corrected chi connectivity index (χ1v) is 8.48. The molecule has 1 amide bonds. The molecule has 0 saturated heterocycles. The van der Waals surface area contributed by atoms with Gasteiger partial charge in [-0.25, -0.2) is 0 Å². The van der Waals surface area contributed by atoms with Gasteiger partial charge in [0.2, 0.25) is 5.88 Å². The molecule has 0 spiro atoms. The number of furan rings is 1. The minimum absolute atomic E-state index is 0.245. The largest absolute Gasteiger partial charge is 0.475 e. The average molecular weight is 402 g/mol. The summed E-state index contributed by atoms with van der Waals surface area (Å²) in [4.78, 5) is 11.8. The van der Waals surface area contributed by atoms with E-state index in [1.807, 2.05) is 37.3 Å². The van der Waals surface area contributed by atoms with E-state index < -0.39 is 0 Å². The Morgan fingerprint density at radius 3 is 2.56 bits per heavy atom. The van der Waals surface area contributed by atoms with Crippen molar-refractivity contribution in [3.05, 3.63) is 64.5 Å². The number of halogens is 1. The smallest absolute Gasteiger partial charge is 0.287 e. The molecule has 6 nitrogen and oxygen atoms in total. The van der Waals surface area contributed by atoms with Crippen molar-refractivity contribution in [3.8, 4) is 17.1 Å². The van der Waals surface area contributed by atoms with Crippen LogP contribution in [0.2, 0.25) is 0 Å². The van der Waals surface area contributed by atoms with Crippen molar-refractivity contribution >= 4 is 21.8 Å². The van der Waals surface area contributed by atoms with Crippen molar-refractivity contribution < 1.29 is 13.9 Å². The molecule has 2 aromatic heterocycles. The lowest BCUT2D eigenvalue weighted by molar-refractivity contribution is 0.0917. The minimum atomic E-state index is -0.296. The van der Waals surface area contributed by atoms with Gasteiger partial charge in [-0.1, -0.05) is 29.8 Å². The van der Waals surface area contributed by atoms with E-state index in [9.17, 15) is 4.79 Å². The van der Waals surface area contributed by atoms with E-state index in [2.05, 4.69) is 31.4 Å². The van der Waals surface area contributed by atoms with Crippen LogP contribution >= 0.6 is 15.9 Å². The zero-order valence-corrected chi connectivity index (χ0v) is 15.1. The van der Waals surface area contributed by atoms with Crippen LogP contribution in [0.25, 0.3) is 11.3 Å². The van der Waals surface area contributed by atoms with Gasteiger partial charge < -0.3 is 14.5 Å². The van der Waals surface area contributed by atoms with E-state index in [-0.39, 0.29) is 18.3 Å². The lowest BCUT2D eigenvalue weighted by Gasteiger charge is -2.06. The van der Waals surface area contributed by atoms with Crippen LogP contribution < -0.4 is 10.1 Å². The Kier molecular flexibility index (Phi) is 5.45. The van der Waals surface area contributed by atoms with Gasteiger partial charge in [0.15, 0.2) is 10.4 Å². The number of rotatable bonds is 6. The Labute approximate surface area is 153 Å². The summed E-state index contributed by atoms with van der Waals surface area (Å²) in [5, 5.41) is 10.9. The number of carbonyl (C=O) groups excluding carboxylic acids is 1. The fourth-order valence-corrected chi connectivity index (χ4v) is 2.43. The van der Waals surface area contributed by atoms with Gasteiger partial charge in [0, 0.05) is 11.6 Å². The van der Waals surface area contributed by atoms with E-state index in [4.69, 9.17) is 9.15 Å². The van der Waals surface area contributed by atoms with Crippen LogP contribution in [0.3, 0.4) is 0 Å². The molecular formula is C18H16BrN3O3. The molecule has 0 unspecified atom stereocenters. The molecule has 3 aromatic rings. The number of nitrogens with zero attached hydrogens (tertiary/aromatic N) is 2. The van der Waals surface area contributed by atoms with Crippen molar-refractivity contribution in [3.63, 3.8) is 0 Å². The van der Waals surface area contributed by atoms with Gasteiger partial charge in [-0.15, -0.1) is 10.2 Å². The molecule has 0 radical (unpaired) electrons. The molecule has 0 atom stereocenters. The van der Waals surface area contributed by atoms with Gasteiger partial charge in [-0.3, -0.25) is 4.79 Å². The number of aryl methyl sites for hydroxylation is 1. The molecule has 0 fully saturated rings. The summed E-state index contributed by atoms with van der Waals surface area (Å²) < 4.78 is 11.2. The molecular weight excluding hydrogens is 386 g/mol. The molecule has 2 heterocycles. The highest BCUT2D eigenvalue weighted by molar-refractivity contribution is 9.10. The van der Waals surface area contributed by atoms with Gasteiger partial charge in [0.05, 0.1) is 12.2 Å². The molecule has 0 aliphatic rings. The van der Waals surface area contributed by atoms with E-state index in [1.165, 1.54) is 5.56 Å². The van der Waals surface area contributed by atoms with E-state index in [0.29, 0.717) is 17.1 Å². The van der Waals surface area contributed by atoms with Crippen LogP contribution in [0, 0.1) is 6.92 Å². The summed E-state index contributed by atoms with van der Waals surface area (Å²) in [6, 6.07) is 14.9. The highest BCUT2D eigenvalue weighted by atomic mass is 79.9. The summed E-state index contributed by atoms with van der Waals surface area (Å²) in [5.74, 6) is 0.357. The van der Waals surface area contributed by atoms with Crippen molar-refractivity contribution in [1.29, 1.82) is 0 Å². The summed E-state index contributed by atoms with van der Waals surface area (Å²) in [6.07, 6.45) is 0. The zero-order chi connectivity index (χ0) is 17.6. The molecule has 1 N–H and O–H groups in total. The SMILES string of the molecule is Cc1ccc(-c2ccc(OCCNC(=O)c3ccc(Br)o3)nn2)cc1. The average Bonchev–Trinajstić information content (AvgIpc) is 3.06. The second kappa shape index (κ2) is 7.94. The Morgan fingerprint density at radius 2 is 1.92 bits per heavy atom. The maximum atomic E-state index is 11.8. The number of carbonyl (C=O) groups is 1. The Hall–Kier alpha value is -2.67. The first-order chi connectivity index (χ1) is 12.1. The molecule has 3 rings (SSSR count). The minimum Gasteiger partial charge on any atom is -0.475 e. The van der Waals surface area contributed by atoms with Crippen LogP contribution in [0.5, 0.6) is 5.88 Å². The predicted octanol–water partition coefficient (Wildman–Crippen LogP) is 3.62. The second-order valence-electron chi connectivity index (χ2n) is 5.33. The third kappa shape index (κ3) is 4.67. The van der Waals surface area contributed by atoms with Gasteiger partial charge in [-0.05, 0) is 41.1 Å². The summed E-state index contributed by atoms with van der Waals surface area (Å²) in [6.45, 7) is 2.65. The Balaban J connectivity index is 1.47. The van der Waals surface area contributed by atoms with Crippen LogP contribution in [0.1, 0.15) is 16.1 Å². The molecule has 25 heavy (non-hydrogen) atoms. The van der Waals surface area contributed by atoms with Crippen molar-refractivity contribution in [1.82, 2.24) is 15.5 Å². The lowest BCUT2D eigenvalue weighted by atomic mass is 10.1. The molecule has 128 valence electrons. The third-order valence-electron chi connectivity index (χ3n) is 3.42. The van der Waals surface area contributed by atoms with Gasteiger partial charge >= 0.3 is 0 Å². The quantitative estimate of drug-likeness (QED) is 0.638. The fraction of sp³-hybridized carbons (Fsp3) is 0.167. The van der Waals surface area contributed by atoms with Crippen LogP contribution in [0.15, 0.2) is 57.6 Å². The van der Waals surface area contributed by atoms with Crippen molar-refractivity contribution in [2.24, 2.45) is 0 Å². The lowest BCUT2D eigenvalue weighted by Crippen LogP contribution is -2.27. The first kappa shape index (κ1) is 17.2. The van der Waals surface area contributed by atoms with Gasteiger partial charge in [0.1, 0.15) is 6.61 Å². The maximum absolute atomic E-state index is 11.8. The predicted molar refractivity (Wildman–Crippen MR) is 96.4 cm³/mol. The van der Waals surface area contributed by atoms with Gasteiger partial charge in [0.25, 0.3) is 5.91 Å². The normalized spacial score (nSPS) is 10.5. The molecule has 0 aliphatic heterocycles. The zero-order valence-electron chi connectivity index (χ0n) is 13.5. The maximum Gasteiger partial charge on any atom is 0.287 e. The number of benzene rings is 1. The van der Waals surface area contributed by atoms with E-state index in [1.54, 1.807) is 18.2 Å². The topological polar surface area (TPSA) is 77.2 Å². The van der Waals surface area contributed by atoms with Gasteiger partial charge in [-0.2, -0.15) is 0 Å². The molecule has 1 aromatic carbocycles. The summed E-state index contributed by atoms with van der Waals surface area (Å²) >= 11 is 3.15. The molecule has 0 aliphatic carbocycles. The van der Waals surface area contributed by atoms with Crippen LogP contribution in [-0.4, -0.2) is 29.3 Å². The number of hydrogen-bond donors (Lipinski definition) is 1. The first-order valence-electron chi connectivity index (χ1n) is 7.69. The van der Waals surface area contributed by atoms with Crippen molar-refractivity contribution in [2.45, 2.75) is 6.92 Å². The Bertz CT molecular complexity index is 845. The molecule has 7 heteroatoms. The van der Waals surface area contributed by atoms with Crippen LogP contribution in [0.4, 0.5) is 0 Å². The summed E-state index contributed by atoms with van der Waals surface area (Å²) in [5.41, 5.74) is 2.98. The van der Waals surface area contributed by atoms with E-state index >= 15 is 0 Å². The second-order valence-corrected chi connectivity index (χ2v) is 6.11.